The van der Waals surface area contributed by atoms with Crippen molar-refractivity contribution in [2.75, 3.05) is 11.9 Å². The van der Waals surface area contributed by atoms with Crippen molar-refractivity contribution in [3.05, 3.63) is 71.6 Å². The number of carbonyl (C=O) groups excluding carboxylic acids is 2. The van der Waals surface area contributed by atoms with E-state index in [0.29, 0.717) is 28.2 Å². The molecule has 34 heavy (non-hydrogen) atoms. The molecule has 0 radical (unpaired) electrons. The second-order valence-corrected chi connectivity index (χ2v) is 8.10. The van der Waals surface area contributed by atoms with Crippen LogP contribution in [0.3, 0.4) is 0 Å². The van der Waals surface area contributed by atoms with Crippen molar-refractivity contribution in [3.8, 4) is 5.88 Å². The highest BCUT2D eigenvalue weighted by molar-refractivity contribution is 5.96. The third-order valence-electron chi connectivity index (χ3n) is 5.23. The molecule has 0 aliphatic heterocycles. The van der Waals surface area contributed by atoms with Gasteiger partial charge in [-0.1, -0.05) is 30.4 Å². The highest BCUT2D eigenvalue weighted by atomic mass is 19.3. The molecule has 2 atom stereocenters. The number of amides is 2. The molecule has 0 saturated carbocycles. The molecule has 2 N–H and O–H groups in total. The number of aryl methyl sites for hydroxylation is 1. The lowest BCUT2D eigenvalue weighted by atomic mass is 9.82. The number of rotatable bonds is 10. The lowest BCUT2D eigenvalue weighted by Gasteiger charge is -2.30. The Morgan fingerprint density at radius 3 is 2.50 bits per heavy atom. The average Bonchev–Trinajstić information content (AvgIpc) is 2.75. The summed E-state index contributed by atoms with van der Waals surface area (Å²) in [7, 11) is 0. The summed E-state index contributed by atoms with van der Waals surface area (Å²) in [6.45, 7) is 11.5. The van der Waals surface area contributed by atoms with Crippen LogP contribution in [0, 0.1) is 12.3 Å². The molecule has 0 spiro atoms. The van der Waals surface area contributed by atoms with Crippen molar-refractivity contribution in [1.29, 1.82) is 0 Å². The molecule has 9 heteroatoms. The minimum absolute atomic E-state index is 0.183. The normalized spacial score (nSPS) is 13.9. The zero-order valence-electron chi connectivity index (χ0n) is 20.0. The third kappa shape index (κ3) is 6.69. The molecular weight excluding hydrogens is 442 g/mol. The van der Waals surface area contributed by atoms with E-state index < -0.39 is 17.9 Å². The molecule has 0 aromatic carbocycles. The second kappa shape index (κ2) is 11.5. The van der Waals surface area contributed by atoms with Gasteiger partial charge in [0.1, 0.15) is 17.8 Å². The maximum Gasteiger partial charge on any atom is 0.254 e. The molecule has 2 rings (SSSR count). The zero-order chi connectivity index (χ0) is 25.5. The monoisotopic (exact) mass is 472 g/mol. The first-order valence-corrected chi connectivity index (χ1v) is 10.7. The number of anilines is 1. The standard InChI is InChI=1S/C25H30F2N4O3/c1-7-10-25(15(2)3,24(26)27)14-34-22-9-8-19(13-28-22)17(5)30-23(33)20-11-16(4)29-21(12-20)31-18(6)32/h7-13,17,24H,2,14H2,1,3-6H3,(H,30,33)(H,29,31,32)/b10-7+. The summed E-state index contributed by atoms with van der Waals surface area (Å²) in [5, 5.41) is 5.43. The van der Waals surface area contributed by atoms with Crippen LogP contribution in [-0.2, 0) is 4.79 Å². The largest absolute Gasteiger partial charge is 0.476 e. The maximum atomic E-state index is 13.8. The SMILES string of the molecule is C=C(C)C(/C=C/C)(COc1ccc(C(C)NC(=O)c2cc(C)nc(NC(C)=O)c2)cn1)C(F)F. The molecule has 2 unspecified atom stereocenters. The number of hydrogen-bond donors (Lipinski definition) is 2. The maximum absolute atomic E-state index is 13.8. The van der Waals surface area contributed by atoms with Gasteiger partial charge in [0.05, 0.1) is 6.04 Å². The molecular formula is C25H30F2N4O3. The van der Waals surface area contributed by atoms with Gasteiger partial charge >= 0.3 is 0 Å². The number of nitrogens with zero attached hydrogens (tertiary/aromatic N) is 2. The van der Waals surface area contributed by atoms with Crippen LogP contribution in [0.4, 0.5) is 14.6 Å². The average molecular weight is 473 g/mol. The van der Waals surface area contributed by atoms with Gasteiger partial charge in [-0.15, -0.1) is 0 Å². The van der Waals surface area contributed by atoms with Crippen molar-refractivity contribution in [2.24, 2.45) is 5.41 Å². The van der Waals surface area contributed by atoms with E-state index in [-0.39, 0.29) is 24.3 Å². The number of aromatic nitrogens is 2. The molecule has 2 aromatic heterocycles. The van der Waals surface area contributed by atoms with Crippen molar-refractivity contribution in [2.45, 2.75) is 47.1 Å². The lowest BCUT2D eigenvalue weighted by molar-refractivity contribution is -0.114. The fourth-order valence-electron chi connectivity index (χ4n) is 3.27. The van der Waals surface area contributed by atoms with Crippen molar-refractivity contribution < 1.29 is 23.1 Å². The van der Waals surface area contributed by atoms with E-state index in [4.69, 9.17) is 4.74 Å². The van der Waals surface area contributed by atoms with Crippen molar-refractivity contribution >= 4 is 17.6 Å². The molecule has 2 heterocycles. The fourth-order valence-corrected chi connectivity index (χ4v) is 3.27. The van der Waals surface area contributed by atoms with Gasteiger partial charge in [-0.25, -0.2) is 18.7 Å². The second-order valence-electron chi connectivity index (χ2n) is 8.10. The molecule has 0 saturated heterocycles. The molecule has 2 amide bonds. The minimum atomic E-state index is -2.68. The van der Waals surface area contributed by atoms with Gasteiger partial charge in [-0.2, -0.15) is 0 Å². The van der Waals surface area contributed by atoms with Gasteiger partial charge < -0.3 is 15.4 Å². The number of carbonyl (C=O) groups is 2. The van der Waals surface area contributed by atoms with E-state index >= 15 is 0 Å². The Labute approximate surface area is 198 Å². The summed E-state index contributed by atoms with van der Waals surface area (Å²) in [5.41, 5.74) is 0.321. The first-order valence-electron chi connectivity index (χ1n) is 10.7. The number of ether oxygens (including phenoxy) is 1. The number of halogens is 2. The highest BCUT2D eigenvalue weighted by Gasteiger charge is 2.39. The third-order valence-corrected chi connectivity index (χ3v) is 5.23. The molecule has 0 aliphatic rings. The summed E-state index contributed by atoms with van der Waals surface area (Å²) >= 11 is 0. The van der Waals surface area contributed by atoms with Gasteiger partial charge in [0.2, 0.25) is 11.8 Å². The van der Waals surface area contributed by atoms with E-state index in [1.807, 2.05) is 0 Å². The number of allylic oxidation sites excluding steroid dienone is 1. The highest BCUT2D eigenvalue weighted by Crippen LogP contribution is 2.36. The van der Waals surface area contributed by atoms with Crippen LogP contribution >= 0.6 is 0 Å². The first-order chi connectivity index (χ1) is 16.0. The number of nitrogens with one attached hydrogen (secondary N) is 2. The Balaban J connectivity index is 2.08. The van der Waals surface area contributed by atoms with Gasteiger partial charge in [0, 0.05) is 30.4 Å². The van der Waals surface area contributed by atoms with Crippen molar-refractivity contribution in [1.82, 2.24) is 15.3 Å². The lowest BCUT2D eigenvalue weighted by Crippen LogP contribution is -2.35. The Morgan fingerprint density at radius 1 is 1.26 bits per heavy atom. The van der Waals surface area contributed by atoms with Gasteiger partial charge in [0.15, 0.2) is 0 Å². The number of alkyl halides is 2. The van der Waals surface area contributed by atoms with Gasteiger partial charge in [-0.3, -0.25) is 9.59 Å². The Hall–Kier alpha value is -3.62. The minimum Gasteiger partial charge on any atom is -0.476 e. The summed E-state index contributed by atoms with van der Waals surface area (Å²) in [6.07, 6.45) is 1.78. The van der Waals surface area contributed by atoms with Gasteiger partial charge in [0.25, 0.3) is 12.3 Å². The van der Waals surface area contributed by atoms with Crippen LogP contribution in [0.25, 0.3) is 0 Å². The molecule has 182 valence electrons. The van der Waals surface area contributed by atoms with Crippen LogP contribution in [0.1, 0.15) is 55.4 Å². The van der Waals surface area contributed by atoms with Crippen molar-refractivity contribution in [3.63, 3.8) is 0 Å². The molecule has 7 nitrogen and oxygen atoms in total. The molecule has 2 aromatic rings. The zero-order valence-corrected chi connectivity index (χ0v) is 20.0. The Morgan fingerprint density at radius 2 is 1.97 bits per heavy atom. The summed E-state index contributed by atoms with van der Waals surface area (Å²) in [6, 6.07) is 5.98. The smallest absolute Gasteiger partial charge is 0.254 e. The first kappa shape index (κ1) is 26.6. The van der Waals surface area contributed by atoms with E-state index in [0.717, 1.165) is 0 Å². The van der Waals surface area contributed by atoms with Crippen LogP contribution in [0.2, 0.25) is 0 Å². The number of hydrogen-bond acceptors (Lipinski definition) is 5. The predicted molar refractivity (Wildman–Crippen MR) is 127 cm³/mol. The Kier molecular flexibility index (Phi) is 9.00. The molecule has 0 aliphatic carbocycles. The van der Waals surface area contributed by atoms with E-state index in [1.54, 1.807) is 52.0 Å². The number of pyridine rings is 2. The topological polar surface area (TPSA) is 93.2 Å². The molecule has 0 fully saturated rings. The summed E-state index contributed by atoms with van der Waals surface area (Å²) < 4.78 is 33.1. The van der Waals surface area contributed by atoms with E-state index in [1.165, 1.54) is 25.3 Å². The fraction of sp³-hybridized carbons (Fsp3) is 0.360. The van der Waals surface area contributed by atoms with Crippen LogP contribution in [-0.4, -0.2) is 34.8 Å². The molecule has 0 bridgehead atoms. The van der Waals surface area contributed by atoms with E-state index in [2.05, 4.69) is 27.2 Å². The van der Waals surface area contributed by atoms with Crippen LogP contribution < -0.4 is 15.4 Å². The van der Waals surface area contributed by atoms with E-state index in [9.17, 15) is 18.4 Å². The van der Waals surface area contributed by atoms with Crippen LogP contribution in [0.5, 0.6) is 5.88 Å². The summed E-state index contributed by atoms with van der Waals surface area (Å²) in [4.78, 5) is 32.4. The summed E-state index contributed by atoms with van der Waals surface area (Å²) in [5.74, 6) is -0.158. The predicted octanol–water partition coefficient (Wildman–Crippen LogP) is 5.02. The van der Waals surface area contributed by atoms with Gasteiger partial charge in [-0.05, 0) is 45.4 Å². The Bertz CT molecular complexity index is 1070. The van der Waals surface area contributed by atoms with Crippen LogP contribution in [0.15, 0.2) is 54.8 Å². The quantitative estimate of drug-likeness (QED) is 0.474.